The molecular weight excluding hydrogens is 801 g/mol. The lowest BCUT2D eigenvalue weighted by Crippen LogP contribution is -2.10. The second-order valence-electron chi connectivity index (χ2n) is 22.2. The first-order chi connectivity index (χ1) is 31.2. The van der Waals surface area contributed by atoms with E-state index >= 15 is 0 Å². The third-order valence-electron chi connectivity index (χ3n) is 13.3. The monoisotopic (exact) mass is 865 g/mol. The van der Waals surface area contributed by atoms with Crippen LogP contribution in [0.25, 0.3) is 97.0 Å². The second kappa shape index (κ2) is 16.3. The van der Waals surface area contributed by atoms with Crippen molar-refractivity contribution in [2.24, 2.45) is 0 Å². The molecule has 9 rings (SSSR count). The number of nitrogens with zero attached hydrogens (tertiary/aromatic N) is 2. The molecule has 66 heavy (non-hydrogen) atoms. The van der Waals surface area contributed by atoms with E-state index in [2.05, 4.69) is 239 Å². The molecule has 0 amide bonds. The van der Waals surface area contributed by atoms with Gasteiger partial charge in [0.05, 0.1) is 28.3 Å². The summed E-state index contributed by atoms with van der Waals surface area (Å²) in [7, 11) is 0. The molecule has 5 heterocycles. The maximum atomic E-state index is 5.60. The van der Waals surface area contributed by atoms with Crippen molar-refractivity contribution in [2.45, 2.75) is 105 Å². The minimum Gasteiger partial charge on any atom is -0.354 e. The number of H-pyrrole nitrogens is 2. The van der Waals surface area contributed by atoms with Gasteiger partial charge in [-0.05, 0) is 109 Å². The number of rotatable bonds is 5. The van der Waals surface area contributed by atoms with Crippen molar-refractivity contribution >= 4 is 52.4 Å². The van der Waals surface area contributed by atoms with Gasteiger partial charge in [0.2, 0.25) is 0 Å². The highest BCUT2D eigenvalue weighted by molar-refractivity contribution is 6.01. The predicted molar refractivity (Wildman–Crippen MR) is 285 cm³/mol. The summed E-state index contributed by atoms with van der Waals surface area (Å²) in [6.07, 6.45) is 10.7. The van der Waals surface area contributed by atoms with Crippen LogP contribution in [0.15, 0.2) is 122 Å². The molecular formula is C62H64N4. The molecule has 0 fully saturated rings. The fourth-order valence-electron chi connectivity index (χ4n) is 9.23. The van der Waals surface area contributed by atoms with Crippen LogP contribution in [0.4, 0.5) is 0 Å². The molecule has 4 nitrogen and oxygen atoms in total. The van der Waals surface area contributed by atoms with Gasteiger partial charge in [-0.3, -0.25) is 0 Å². The number of nitrogens with one attached hydrogen (secondary N) is 2. The van der Waals surface area contributed by atoms with Gasteiger partial charge in [0, 0.05) is 44.4 Å². The number of hydrogen-bond acceptors (Lipinski definition) is 2. The Labute approximate surface area is 392 Å². The van der Waals surface area contributed by atoms with Gasteiger partial charge in [0.15, 0.2) is 0 Å². The molecule has 0 spiro atoms. The Morgan fingerprint density at radius 1 is 0.364 bits per heavy atom. The van der Waals surface area contributed by atoms with E-state index in [1.54, 1.807) is 0 Å². The fourth-order valence-corrected chi connectivity index (χ4v) is 9.23. The molecule has 2 aliphatic heterocycles. The van der Waals surface area contributed by atoms with Crippen LogP contribution in [0.5, 0.6) is 0 Å². The third-order valence-corrected chi connectivity index (χ3v) is 13.3. The van der Waals surface area contributed by atoms with Crippen molar-refractivity contribution in [1.82, 2.24) is 19.9 Å². The summed E-state index contributed by atoms with van der Waals surface area (Å²) in [4.78, 5) is 19.1. The summed E-state index contributed by atoms with van der Waals surface area (Å²) in [5.74, 6) is 0. The van der Waals surface area contributed by atoms with E-state index in [0.29, 0.717) is 0 Å². The molecule has 0 unspecified atom stereocenters. The molecule has 4 aromatic carbocycles. The average molecular weight is 865 g/mol. The lowest BCUT2D eigenvalue weighted by Gasteiger charge is -2.19. The van der Waals surface area contributed by atoms with Crippen molar-refractivity contribution in [3.05, 3.63) is 172 Å². The smallest absolute Gasteiger partial charge is 0.0737 e. The van der Waals surface area contributed by atoms with E-state index < -0.39 is 0 Å². The first kappa shape index (κ1) is 44.4. The Morgan fingerprint density at radius 2 is 0.652 bits per heavy atom. The number of hydrogen-bond donors (Lipinski definition) is 2. The first-order valence-corrected chi connectivity index (χ1v) is 23.4. The van der Waals surface area contributed by atoms with Crippen LogP contribution in [0.2, 0.25) is 0 Å². The standard InChI is InChI=1S/C62H64N4/c1-14-38-37-53-56(41-19-27-45(28-20-41)61(8,9)10)51-34-33-49(64-51)54(39-15-23-43(24-16-39)59(2,3)4)47-31-32-48(63-47)55(40-17-25-44(26-18-40)60(5,6)7)50-35-36-52(65-50)57(58(38)66-53)42-21-29-46(30-22-42)62(11,12)13/h14-37,63,66H,1H2,2-13H3. The van der Waals surface area contributed by atoms with E-state index in [-0.39, 0.29) is 21.7 Å². The molecule has 4 heteroatoms. The molecule has 0 saturated carbocycles. The minimum atomic E-state index is 0.00748. The second-order valence-corrected chi connectivity index (χ2v) is 22.2. The lowest BCUT2D eigenvalue weighted by molar-refractivity contribution is 0.590. The summed E-state index contributed by atoms with van der Waals surface area (Å²) < 4.78 is 0. The van der Waals surface area contributed by atoms with E-state index in [1.807, 2.05) is 6.08 Å². The van der Waals surface area contributed by atoms with Gasteiger partial charge >= 0.3 is 0 Å². The third kappa shape index (κ3) is 8.46. The zero-order valence-electron chi connectivity index (χ0n) is 41.0. The molecule has 0 atom stereocenters. The van der Waals surface area contributed by atoms with Crippen molar-refractivity contribution in [2.75, 3.05) is 0 Å². The molecule has 0 saturated heterocycles. The highest BCUT2D eigenvalue weighted by atomic mass is 14.8. The quantitative estimate of drug-likeness (QED) is 0.181. The SMILES string of the molecule is C=Cc1cc2[nH]c1c(-c1ccc(C(C)(C)C)cc1)c1nc(c(-c3ccc(C(C)(C)C)cc3)c3ccc([nH]3)c(-c3ccc(C(C)(C)C)cc3)c3nc(c2-c2ccc(C(C)(C)C)cc2)C=C3)C=C1. The number of aromatic nitrogens is 4. The molecule has 3 aromatic heterocycles. The molecule has 0 radical (unpaired) electrons. The number of benzene rings is 4. The van der Waals surface area contributed by atoms with Crippen molar-refractivity contribution in [3.8, 4) is 44.5 Å². The normalized spacial score (nSPS) is 13.1. The Hall–Kier alpha value is -6.78. The molecule has 2 N–H and O–H groups in total. The first-order valence-electron chi connectivity index (χ1n) is 23.4. The van der Waals surface area contributed by atoms with Crippen LogP contribution in [0, 0.1) is 0 Å². The van der Waals surface area contributed by atoms with Gasteiger partial charge in [0.1, 0.15) is 0 Å². The van der Waals surface area contributed by atoms with Gasteiger partial charge in [-0.25, -0.2) is 9.97 Å². The van der Waals surface area contributed by atoms with Crippen LogP contribution in [-0.4, -0.2) is 19.9 Å². The van der Waals surface area contributed by atoms with Gasteiger partial charge in [-0.15, -0.1) is 0 Å². The van der Waals surface area contributed by atoms with Gasteiger partial charge in [0.25, 0.3) is 0 Å². The molecule has 0 aliphatic carbocycles. The summed E-state index contributed by atoms with van der Waals surface area (Å²) in [6, 6.07) is 42.7. The summed E-state index contributed by atoms with van der Waals surface area (Å²) >= 11 is 0. The average Bonchev–Trinajstić information content (AvgIpc) is 4.11. The number of aromatic amines is 2. The van der Waals surface area contributed by atoms with Crippen LogP contribution in [0.3, 0.4) is 0 Å². The molecule has 8 bridgehead atoms. The molecule has 7 aromatic rings. The van der Waals surface area contributed by atoms with Crippen molar-refractivity contribution in [3.63, 3.8) is 0 Å². The van der Waals surface area contributed by atoms with E-state index in [4.69, 9.17) is 9.97 Å². The topological polar surface area (TPSA) is 57.4 Å². The zero-order valence-corrected chi connectivity index (χ0v) is 41.0. The summed E-state index contributed by atoms with van der Waals surface area (Å²) in [6.45, 7) is 31.5. The molecule has 332 valence electrons. The fraction of sp³-hybridized carbons (Fsp3) is 0.258. The predicted octanol–water partition coefficient (Wildman–Crippen LogP) is 17.2. The van der Waals surface area contributed by atoms with Crippen molar-refractivity contribution < 1.29 is 0 Å². The van der Waals surface area contributed by atoms with E-state index in [0.717, 1.165) is 94.9 Å². The van der Waals surface area contributed by atoms with Gasteiger partial charge in [-0.2, -0.15) is 0 Å². The lowest BCUT2D eigenvalue weighted by atomic mass is 9.86. The summed E-state index contributed by atoms with van der Waals surface area (Å²) in [5, 5.41) is 0. The Balaban J connectivity index is 1.45. The summed E-state index contributed by atoms with van der Waals surface area (Å²) in [5.41, 5.74) is 22.0. The largest absolute Gasteiger partial charge is 0.354 e. The van der Waals surface area contributed by atoms with E-state index in [1.165, 1.54) is 22.3 Å². The highest BCUT2D eigenvalue weighted by Gasteiger charge is 2.23. The Kier molecular flexibility index (Phi) is 11.0. The number of fused-ring (bicyclic) bond motifs is 8. The Morgan fingerprint density at radius 3 is 0.955 bits per heavy atom. The van der Waals surface area contributed by atoms with Crippen LogP contribution >= 0.6 is 0 Å². The minimum absolute atomic E-state index is 0.00748. The van der Waals surface area contributed by atoms with E-state index in [9.17, 15) is 0 Å². The van der Waals surface area contributed by atoms with Crippen LogP contribution in [-0.2, 0) is 21.7 Å². The maximum absolute atomic E-state index is 5.60. The highest BCUT2D eigenvalue weighted by Crippen LogP contribution is 2.41. The maximum Gasteiger partial charge on any atom is 0.0737 e. The van der Waals surface area contributed by atoms with Gasteiger partial charge in [-0.1, -0.05) is 193 Å². The van der Waals surface area contributed by atoms with Crippen LogP contribution in [0.1, 0.15) is 134 Å². The van der Waals surface area contributed by atoms with Crippen LogP contribution < -0.4 is 0 Å². The van der Waals surface area contributed by atoms with Crippen molar-refractivity contribution in [1.29, 1.82) is 0 Å². The zero-order chi connectivity index (χ0) is 46.9. The molecule has 2 aliphatic rings. The Bertz CT molecular complexity index is 3230. The van der Waals surface area contributed by atoms with Gasteiger partial charge < -0.3 is 9.97 Å².